The number of carbonyl (C=O) groups is 1. The normalized spacial score (nSPS) is 29.5. The van der Waals surface area contributed by atoms with Crippen molar-refractivity contribution in [3.05, 3.63) is 30.1 Å². The summed E-state index contributed by atoms with van der Waals surface area (Å²) in [7, 11) is 0. The minimum Gasteiger partial charge on any atom is -0.478 e. The first-order valence-corrected chi connectivity index (χ1v) is 6.96. The standard InChI is InChI=1S/C9H17N.C6H5NO2/c1-6(10)9-5-7-2-3-8(9)4-7;8-6(9)5-1-3-7-4-2-5/h6-9H,2-5,10H2,1H3;1-4H,(H,8,9). The Balaban J connectivity index is 0.000000141. The summed E-state index contributed by atoms with van der Waals surface area (Å²) >= 11 is 0. The highest BCUT2D eigenvalue weighted by molar-refractivity contribution is 5.87. The second kappa shape index (κ2) is 6.15. The van der Waals surface area contributed by atoms with Crippen molar-refractivity contribution in [1.82, 2.24) is 4.98 Å². The molecule has 0 saturated heterocycles. The molecule has 2 aliphatic rings. The number of carboxylic acids is 1. The Hall–Kier alpha value is -1.42. The van der Waals surface area contributed by atoms with Gasteiger partial charge in [0.05, 0.1) is 5.56 Å². The van der Waals surface area contributed by atoms with E-state index in [0.29, 0.717) is 6.04 Å². The van der Waals surface area contributed by atoms with E-state index in [1.807, 2.05) is 0 Å². The summed E-state index contributed by atoms with van der Waals surface area (Å²) in [4.78, 5) is 13.8. The number of nitrogens with zero attached hydrogens (tertiary/aromatic N) is 1. The SMILES string of the molecule is CC(N)C1CC2CCC1C2.O=C(O)c1ccncc1. The van der Waals surface area contributed by atoms with Gasteiger partial charge in [0, 0.05) is 18.4 Å². The Morgan fingerprint density at radius 3 is 2.37 bits per heavy atom. The van der Waals surface area contributed by atoms with E-state index in [-0.39, 0.29) is 5.56 Å². The fraction of sp³-hybridized carbons (Fsp3) is 0.600. The molecule has 4 nitrogen and oxygen atoms in total. The second-order valence-electron chi connectivity index (χ2n) is 5.74. The molecule has 2 bridgehead atoms. The van der Waals surface area contributed by atoms with Crippen molar-refractivity contribution in [2.45, 2.75) is 38.6 Å². The molecule has 4 unspecified atom stereocenters. The molecule has 1 aromatic heterocycles. The van der Waals surface area contributed by atoms with Crippen molar-refractivity contribution in [1.29, 1.82) is 0 Å². The Kier molecular flexibility index (Phi) is 4.53. The maximum absolute atomic E-state index is 10.2. The highest BCUT2D eigenvalue weighted by Gasteiger charge is 2.40. The van der Waals surface area contributed by atoms with Crippen LogP contribution in [0.15, 0.2) is 24.5 Å². The van der Waals surface area contributed by atoms with Crippen molar-refractivity contribution in [2.24, 2.45) is 23.5 Å². The average Bonchev–Trinajstić information content (AvgIpc) is 3.03. The highest BCUT2D eigenvalue weighted by atomic mass is 16.4. The molecule has 1 heterocycles. The van der Waals surface area contributed by atoms with Gasteiger partial charge in [0.15, 0.2) is 0 Å². The van der Waals surface area contributed by atoms with Crippen LogP contribution in [-0.2, 0) is 0 Å². The maximum atomic E-state index is 10.2. The van der Waals surface area contributed by atoms with E-state index in [1.54, 1.807) is 0 Å². The van der Waals surface area contributed by atoms with E-state index in [4.69, 9.17) is 10.8 Å². The molecule has 19 heavy (non-hydrogen) atoms. The van der Waals surface area contributed by atoms with Crippen molar-refractivity contribution in [3.8, 4) is 0 Å². The predicted octanol–water partition coefficient (Wildman–Crippen LogP) is 2.55. The van der Waals surface area contributed by atoms with Crippen molar-refractivity contribution in [3.63, 3.8) is 0 Å². The molecule has 104 valence electrons. The van der Waals surface area contributed by atoms with Gasteiger partial charge in [-0.3, -0.25) is 4.98 Å². The molecule has 0 amide bonds. The van der Waals surface area contributed by atoms with Crippen molar-refractivity contribution >= 4 is 5.97 Å². The van der Waals surface area contributed by atoms with Crippen LogP contribution in [0.1, 0.15) is 43.0 Å². The molecular formula is C15H22N2O2. The van der Waals surface area contributed by atoms with Gasteiger partial charge in [-0.05, 0) is 56.1 Å². The molecule has 1 aromatic rings. The molecule has 2 saturated carbocycles. The Bertz CT molecular complexity index is 419. The van der Waals surface area contributed by atoms with E-state index in [9.17, 15) is 4.79 Å². The molecule has 4 heteroatoms. The average molecular weight is 262 g/mol. The number of fused-ring (bicyclic) bond motifs is 2. The summed E-state index contributed by atoms with van der Waals surface area (Å²) < 4.78 is 0. The van der Waals surface area contributed by atoms with Crippen LogP contribution in [0.5, 0.6) is 0 Å². The molecule has 0 aliphatic heterocycles. The molecule has 2 fully saturated rings. The molecule has 0 aromatic carbocycles. The summed E-state index contributed by atoms with van der Waals surface area (Å²) in [6.45, 7) is 2.17. The van der Waals surface area contributed by atoms with Crippen LogP contribution in [0, 0.1) is 17.8 Å². The zero-order chi connectivity index (χ0) is 13.8. The number of rotatable bonds is 2. The monoisotopic (exact) mass is 262 g/mol. The largest absolute Gasteiger partial charge is 0.478 e. The number of aromatic carboxylic acids is 1. The van der Waals surface area contributed by atoms with Crippen molar-refractivity contribution < 1.29 is 9.90 Å². The van der Waals surface area contributed by atoms with Crippen molar-refractivity contribution in [2.75, 3.05) is 0 Å². The van der Waals surface area contributed by atoms with Crippen LogP contribution in [0.2, 0.25) is 0 Å². The quantitative estimate of drug-likeness (QED) is 0.858. The lowest BCUT2D eigenvalue weighted by molar-refractivity contribution is 0.0696. The van der Waals surface area contributed by atoms with Crippen LogP contribution in [-0.4, -0.2) is 22.1 Å². The van der Waals surface area contributed by atoms with Gasteiger partial charge in [0.25, 0.3) is 0 Å². The first-order chi connectivity index (χ1) is 9.08. The van der Waals surface area contributed by atoms with E-state index in [2.05, 4.69) is 11.9 Å². The first kappa shape index (κ1) is 14.0. The van der Waals surface area contributed by atoms with E-state index in [0.717, 1.165) is 17.8 Å². The number of hydrogen-bond acceptors (Lipinski definition) is 3. The summed E-state index contributed by atoms with van der Waals surface area (Å²) in [5.74, 6) is 2.02. The van der Waals surface area contributed by atoms with E-state index in [1.165, 1.54) is 50.2 Å². The number of carboxylic acid groups (broad SMARTS) is 1. The topological polar surface area (TPSA) is 76.2 Å². The molecule has 2 aliphatic carbocycles. The second-order valence-corrected chi connectivity index (χ2v) is 5.74. The van der Waals surface area contributed by atoms with Crippen LogP contribution in [0.4, 0.5) is 0 Å². The van der Waals surface area contributed by atoms with E-state index >= 15 is 0 Å². The smallest absolute Gasteiger partial charge is 0.335 e. The van der Waals surface area contributed by atoms with Gasteiger partial charge in [-0.1, -0.05) is 6.42 Å². The molecule has 3 rings (SSSR count). The molecule has 0 radical (unpaired) electrons. The number of aromatic nitrogens is 1. The molecule has 3 N–H and O–H groups in total. The molecule has 4 atom stereocenters. The van der Waals surface area contributed by atoms with Gasteiger partial charge in [-0.2, -0.15) is 0 Å². The molecule has 0 spiro atoms. The van der Waals surface area contributed by atoms with Gasteiger partial charge in [-0.25, -0.2) is 4.79 Å². The third-order valence-corrected chi connectivity index (χ3v) is 4.40. The Morgan fingerprint density at radius 2 is 2.05 bits per heavy atom. The fourth-order valence-electron chi connectivity index (χ4n) is 3.43. The minimum atomic E-state index is -0.919. The Morgan fingerprint density at radius 1 is 1.37 bits per heavy atom. The lowest BCUT2D eigenvalue weighted by atomic mass is 9.84. The highest BCUT2D eigenvalue weighted by Crippen LogP contribution is 2.49. The van der Waals surface area contributed by atoms with Crippen LogP contribution >= 0.6 is 0 Å². The zero-order valence-electron chi connectivity index (χ0n) is 11.3. The van der Waals surface area contributed by atoms with Gasteiger partial charge >= 0.3 is 5.97 Å². The van der Waals surface area contributed by atoms with Crippen LogP contribution in [0.25, 0.3) is 0 Å². The number of hydrogen-bond donors (Lipinski definition) is 2. The summed E-state index contributed by atoms with van der Waals surface area (Å²) in [6, 6.07) is 3.35. The van der Waals surface area contributed by atoms with Gasteiger partial charge in [-0.15, -0.1) is 0 Å². The summed E-state index contributed by atoms with van der Waals surface area (Å²) in [5.41, 5.74) is 6.15. The predicted molar refractivity (Wildman–Crippen MR) is 73.8 cm³/mol. The van der Waals surface area contributed by atoms with Crippen LogP contribution < -0.4 is 5.73 Å². The third-order valence-electron chi connectivity index (χ3n) is 4.40. The summed E-state index contributed by atoms with van der Waals surface area (Å²) in [5, 5.41) is 8.36. The van der Waals surface area contributed by atoms with E-state index < -0.39 is 5.97 Å². The lowest BCUT2D eigenvalue weighted by Crippen LogP contribution is -2.30. The van der Waals surface area contributed by atoms with Gasteiger partial charge < -0.3 is 10.8 Å². The van der Waals surface area contributed by atoms with Crippen LogP contribution in [0.3, 0.4) is 0 Å². The number of pyridine rings is 1. The first-order valence-electron chi connectivity index (χ1n) is 6.96. The molecular weight excluding hydrogens is 240 g/mol. The third kappa shape index (κ3) is 3.53. The zero-order valence-corrected chi connectivity index (χ0v) is 11.3. The van der Waals surface area contributed by atoms with Gasteiger partial charge in [0.1, 0.15) is 0 Å². The minimum absolute atomic E-state index is 0.269. The number of nitrogens with two attached hydrogens (primary N) is 1. The Labute approximate surface area is 114 Å². The fourth-order valence-corrected chi connectivity index (χ4v) is 3.43. The summed E-state index contributed by atoms with van der Waals surface area (Å²) in [6.07, 6.45) is 8.78. The van der Waals surface area contributed by atoms with Gasteiger partial charge in [0.2, 0.25) is 0 Å². The lowest BCUT2D eigenvalue weighted by Gasteiger charge is -2.24. The maximum Gasteiger partial charge on any atom is 0.335 e.